The Balaban J connectivity index is 1.86. The van der Waals surface area contributed by atoms with Gasteiger partial charge in [-0.05, 0) is 18.4 Å². The zero-order valence-corrected chi connectivity index (χ0v) is 12.1. The normalized spacial score (nSPS) is 22.6. The molecule has 0 saturated carbocycles. The molecule has 1 aromatic rings. The first-order valence-electron chi connectivity index (χ1n) is 6.45. The first-order chi connectivity index (χ1) is 9.61. The Morgan fingerprint density at radius 2 is 2.40 bits per heavy atom. The molecule has 2 N–H and O–H groups in total. The van der Waals surface area contributed by atoms with Crippen molar-refractivity contribution < 1.29 is 19.4 Å². The molecule has 2 unspecified atom stereocenters. The van der Waals surface area contributed by atoms with E-state index in [0.717, 1.165) is 0 Å². The van der Waals surface area contributed by atoms with Gasteiger partial charge in [0, 0.05) is 6.54 Å². The standard InChI is InChI=1S/C13H18N2O4S/c1-9-8-19-10(7-16)6-15(9)12(17)5-14-13(18)11-3-2-4-20-11/h2-4,9-10,16H,5-8H2,1H3,(H,14,18). The lowest BCUT2D eigenvalue weighted by molar-refractivity contribution is -0.145. The summed E-state index contributed by atoms with van der Waals surface area (Å²) in [5.74, 6) is -0.405. The Morgan fingerprint density at radius 3 is 3.05 bits per heavy atom. The summed E-state index contributed by atoms with van der Waals surface area (Å²) < 4.78 is 5.37. The minimum absolute atomic E-state index is 0.0424. The van der Waals surface area contributed by atoms with E-state index >= 15 is 0 Å². The van der Waals surface area contributed by atoms with Crippen LogP contribution < -0.4 is 5.32 Å². The summed E-state index contributed by atoms with van der Waals surface area (Å²) in [6.45, 7) is 2.48. The Bertz CT molecular complexity index is 463. The zero-order chi connectivity index (χ0) is 14.5. The predicted octanol–water partition coefficient (Wildman–Crippen LogP) is 0.0861. The van der Waals surface area contributed by atoms with E-state index in [1.54, 1.807) is 17.0 Å². The van der Waals surface area contributed by atoms with Gasteiger partial charge in [-0.25, -0.2) is 0 Å². The molecule has 2 amide bonds. The molecule has 2 rings (SSSR count). The van der Waals surface area contributed by atoms with Crippen molar-refractivity contribution in [2.45, 2.75) is 19.1 Å². The van der Waals surface area contributed by atoms with Gasteiger partial charge in [0.05, 0.1) is 36.8 Å². The van der Waals surface area contributed by atoms with Gasteiger partial charge >= 0.3 is 0 Å². The number of amides is 2. The number of carbonyl (C=O) groups excluding carboxylic acids is 2. The van der Waals surface area contributed by atoms with E-state index in [1.807, 2.05) is 12.3 Å². The lowest BCUT2D eigenvalue weighted by Crippen LogP contribution is -2.54. The van der Waals surface area contributed by atoms with Crippen LogP contribution in [-0.2, 0) is 9.53 Å². The van der Waals surface area contributed by atoms with Gasteiger partial charge in [0.2, 0.25) is 5.91 Å². The van der Waals surface area contributed by atoms with Crippen LogP contribution in [0.3, 0.4) is 0 Å². The number of hydrogen-bond acceptors (Lipinski definition) is 5. The molecular weight excluding hydrogens is 280 g/mol. The van der Waals surface area contributed by atoms with Gasteiger partial charge in [-0.3, -0.25) is 9.59 Å². The van der Waals surface area contributed by atoms with Crippen LogP contribution in [0.4, 0.5) is 0 Å². The van der Waals surface area contributed by atoms with Gasteiger partial charge in [0.15, 0.2) is 0 Å². The quantitative estimate of drug-likeness (QED) is 0.825. The van der Waals surface area contributed by atoms with Gasteiger partial charge in [0.1, 0.15) is 0 Å². The molecule has 110 valence electrons. The lowest BCUT2D eigenvalue weighted by atomic mass is 10.2. The monoisotopic (exact) mass is 298 g/mol. The first kappa shape index (κ1) is 15.0. The van der Waals surface area contributed by atoms with E-state index in [4.69, 9.17) is 9.84 Å². The van der Waals surface area contributed by atoms with Gasteiger partial charge < -0.3 is 20.1 Å². The number of thiophene rings is 1. The molecule has 1 aromatic heterocycles. The summed E-state index contributed by atoms with van der Waals surface area (Å²) in [7, 11) is 0. The zero-order valence-electron chi connectivity index (χ0n) is 11.2. The van der Waals surface area contributed by atoms with Crippen LogP contribution in [0.25, 0.3) is 0 Å². The number of aliphatic hydroxyl groups is 1. The average molecular weight is 298 g/mol. The highest BCUT2D eigenvalue weighted by atomic mass is 32.1. The largest absolute Gasteiger partial charge is 0.394 e. The molecule has 0 radical (unpaired) electrons. The number of rotatable bonds is 4. The number of nitrogens with one attached hydrogen (secondary N) is 1. The van der Waals surface area contributed by atoms with Crippen molar-refractivity contribution in [3.63, 3.8) is 0 Å². The van der Waals surface area contributed by atoms with Gasteiger partial charge in [-0.1, -0.05) is 6.07 Å². The van der Waals surface area contributed by atoms with Crippen LogP contribution in [-0.4, -0.2) is 60.3 Å². The first-order valence-corrected chi connectivity index (χ1v) is 7.33. The highest BCUT2D eigenvalue weighted by Gasteiger charge is 2.29. The van der Waals surface area contributed by atoms with Crippen molar-refractivity contribution in [3.8, 4) is 0 Å². The third kappa shape index (κ3) is 3.56. The molecule has 2 atom stereocenters. The maximum Gasteiger partial charge on any atom is 0.261 e. The molecule has 1 aliphatic rings. The second kappa shape index (κ2) is 6.83. The molecule has 1 fully saturated rings. The number of nitrogens with zero attached hydrogens (tertiary/aromatic N) is 1. The van der Waals surface area contributed by atoms with E-state index in [2.05, 4.69) is 5.32 Å². The predicted molar refractivity (Wildman–Crippen MR) is 74.7 cm³/mol. The Hall–Kier alpha value is -1.44. The molecular formula is C13H18N2O4S. The highest BCUT2D eigenvalue weighted by molar-refractivity contribution is 7.12. The topological polar surface area (TPSA) is 78.9 Å². The van der Waals surface area contributed by atoms with Crippen LogP contribution in [0.2, 0.25) is 0 Å². The van der Waals surface area contributed by atoms with Gasteiger partial charge in [-0.15, -0.1) is 11.3 Å². The van der Waals surface area contributed by atoms with Crippen molar-refractivity contribution in [1.82, 2.24) is 10.2 Å². The average Bonchev–Trinajstić information content (AvgIpc) is 2.99. The van der Waals surface area contributed by atoms with E-state index in [0.29, 0.717) is 18.0 Å². The molecule has 0 aromatic carbocycles. The molecule has 0 aliphatic carbocycles. The smallest absolute Gasteiger partial charge is 0.261 e. The summed E-state index contributed by atoms with van der Waals surface area (Å²) >= 11 is 1.33. The fourth-order valence-corrected chi connectivity index (χ4v) is 2.67. The summed E-state index contributed by atoms with van der Waals surface area (Å²) in [6, 6.07) is 3.45. The summed E-state index contributed by atoms with van der Waals surface area (Å²) in [6.07, 6.45) is -0.344. The number of aliphatic hydroxyl groups excluding tert-OH is 1. The van der Waals surface area contributed by atoms with Crippen LogP contribution in [0.1, 0.15) is 16.6 Å². The number of hydrogen-bond donors (Lipinski definition) is 2. The van der Waals surface area contributed by atoms with E-state index in [1.165, 1.54) is 11.3 Å². The second-order valence-electron chi connectivity index (χ2n) is 4.69. The summed E-state index contributed by atoms with van der Waals surface area (Å²) in [4.78, 5) is 26.1. The maximum absolute atomic E-state index is 12.1. The van der Waals surface area contributed by atoms with Crippen LogP contribution >= 0.6 is 11.3 Å². The summed E-state index contributed by atoms with van der Waals surface area (Å²) in [5, 5.41) is 13.5. The third-order valence-electron chi connectivity index (χ3n) is 3.17. The number of ether oxygens (including phenoxy) is 1. The molecule has 6 nitrogen and oxygen atoms in total. The van der Waals surface area contributed by atoms with Crippen LogP contribution in [0, 0.1) is 0 Å². The van der Waals surface area contributed by atoms with Crippen molar-refractivity contribution in [1.29, 1.82) is 0 Å². The molecule has 2 heterocycles. The molecule has 7 heteroatoms. The molecule has 0 bridgehead atoms. The van der Waals surface area contributed by atoms with Crippen molar-refractivity contribution in [2.75, 3.05) is 26.3 Å². The Labute approximate surface area is 121 Å². The van der Waals surface area contributed by atoms with Gasteiger partial charge in [0.25, 0.3) is 5.91 Å². The fraction of sp³-hybridized carbons (Fsp3) is 0.538. The van der Waals surface area contributed by atoms with Crippen molar-refractivity contribution >= 4 is 23.2 Å². The van der Waals surface area contributed by atoms with Crippen LogP contribution in [0.15, 0.2) is 17.5 Å². The second-order valence-corrected chi connectivity index (χ2v) is 5.64. The van der Waals surface area contributed by atoms with Crippen LogP contribution in [0.5, 0.6) is 0 Å². The summed E-state index contributed by atoms with van der Waals surface area (Å²) in [5.41, 5.74) is 0. The third-order valence-corrected chi connectivity index (χ3v) is 4.04. The maximum atomic E-state index is 12.1. The lowest BCUT2D eigenvalue weighted by Gasteiger charge is -2.37. The SMILES string of the molecule is CC1COC(CO)CN1C(=O)CNC(=O)c1cccs1. The fourth-order valence-electron chi connectivity index (χ4n) is 2.03. The molecule has 20 heavy (non-hydrogen) atoms. The van der Waals surface area contributed by atoms with Gasteiger partial charge in [-0.2, -0.15) is 0 Å². The van der Waals surface area contributed by atoms with E-state index in [-0.39, 0.29) is 37.1 Å². The Morgan fingerprint density at radius 1 is 1.60 bits per heavy atom. The van der Waals surface area contributed by atoms with E-state index in [9.17, 15) is 9.59 Å². The molecule has 0 spiro atoms. The van der Waals surface area contributed by atoms with Crippen molar-refractivity contribution in [2.24, 2.45) is 0 Å². The molecule has 1 aliphatic heterocycles. The minimum Gasteiger partial charge on any atom is -0.394 e. The number of carbonyl (C=O) groups is 2. The number of morpholine rings is 1. The van der Waals surface area contributed by atoms with Crippen molar-refractivity contribution in [3.05, 3.63) is 22.4 Å². The molecule has 1 saturated heterocycles. The van der Waals surface area contributed by atoms with E-state index < -0.39 is 0 Å². The Kier molecular flexibility index (Phi) is 5.11. The highest BCUT2D eigenvalue weighted by Crippen LogP contribution is 2.12. The minimum atomic E-state index is -0.344.